The first-order chi connectivity index (χ1) is 9.36. The molecule has 0 aliphatic rings. The summed E-state index contributed by atoms with van der Waals surface area (Å²) in [5.41, 5.74) is 1.08. The van der Waals surface area contributed by atoms with Crippen LogP contribution in [0.5, 0.6) is 0 Å². The van der Waals surface area contributed by atoms with E-state index in [1.807, 2.05) is 0 Å². The quantitative estimate of drug-likeness (QED) is 0.754. The van der Waals surface area contributed by atoms with E-state index in [0.717, 1.165) is 25.7 Å². The molecule has 0 fully saturated rings. The van der Waals surface area contributed by atoms with E-state index < -0.39 is 10.0 Å². The van der Waals surface area contributed by atoms with Crippen molar-refractivity contribution >= 4 is 15.9 Å². The lowest BCUT2D eigenvalue weighted by atomic mass is 10.1. The van der Waals surface area contributed by atoms with Gasteiger partial charge < -0.3 is 5.32 Å². The van der Waals surface area contributed by atoms with Crippen LogP contribution >= 0.6 is 0 Å². The molecule has 0 aliphatic heterocycles. The summed E-state index contributed by atoms with van der Waals surface area (Å²) < 4.78 is 22.4. The van der Waals surface area contributed by atoms with Crippen LogP contribution in [0.2, 0.25) is 0 Å². The monoisotopic (exact) mass is 298 g/mol. The number of nitrogens with two attached hydrogens (primary N) is 1. The Morgan fingerprint density at radius 2 is 1.95 bits per heavy atom. The number of primary sulfonamides is 1. The Balaban J connectivity index is 2.65. The van der Waals surface area contributed by atoms with Crippen LogP contribution in [0.25, 0.3) is 0 Å². The fraction of sp³-hybridized carbons (Fsp3) is 0.500. The number of benzene rings is 1. The van der Waals surface area contributed by atoms with Crippen LogP contribution in [0.4, 0.5) is 0 Å². The zero-order valence-corrected chi connectivity index (χ0v) is 12.8. The molecule has 0 atom stereocenters. The van der Waals surface area contributed by atoms with Crippen molar-refractivity contribution in [3.8, 4) is 0 Å². The van der Waals surface area contributed by atoms with Crippen LogP contribution in [0.3, 0.4) is 0 Å². The van der Waals surface area contributed by atoms with E-state index in [0.29, 0.717) is 17.7 Å². The number of nitrogens with one attached hydrogen (secondary N) is 1. The van der Waals surface area contributed by atoms with Gasteiger partial charge in [-0.25, -0.2) is 13.6 Å². The Morgan fingerprint density at radius 3 is 2.50 bits per heavy atom. The lowest BCUT2D eigenvalue weighted by Crippen LogP contribution is -2.25. The van der Waals surface area contributed by atoms with Crippen LogP contribution in [0.1, 0.15) is 48.5 Å². The van der Waals surface area contributed by atoms with Gasteiger partial charge in [-0.2, -0.15) is 0 Å². The van der Waals surface area contributed by atoms with Gasteiger partial charge in [0.15, 0.2) is 0 Å². The molecule has 0 saturated carbocycles. The van der Waals surface area contributed by atoms with Gasteiger partial charge in [-0.1, -0.05) is 26.2 Å². The summed E-state index contributed by atoms with van der Waals surface area (Å²) in [4.78, 5) is 12.0. The molecule has 1 aromatic carbocycles. The van der Waals surface area contributed by atoms with Crippen LogP contribution in [0.15, 0.2) is 23.1 Å². The molecule has 0 radical (unpaired) electrons. The highest BCUT2D eigenvalue weighted by Gasteiger charge is 2.13. The molecule has 1 rings (SSSR count). The number of hydrogen-bond donors (Lipinski definition) is 2. The largest absolute Gasteiger partial charge is 0.352 e. The highest BCUT2D eigenvalue weighted by atomic mass is 32.2. The van der Waals surface area contributed by atoms with Crippen LogP contribution in [0, 0.1) is 6.92 Å². The fourth-order valence-corrected chi connectivity index (χ4v) is 2.52. The third-order valence-corrected chi connectivity index (χ3v) is 4.00. The van der Waals surface area contributed by atoms with E-state index in [4.69, 9.17) is 5.14 Å². The SMILES string of the molecule is CCCCCCNC(=O)c1ccc(S(N)(=O)=O)cc1C. The van der Waals surface area contributed by atoms with Gasteiger partial charge in [0.1, 0.15) is 0 Å². The molecule has 5 nitrogen and oxygen atoms in total. The Kier molecular flexibility index (Phi) is 6.16. The van der Waals surface area contributed by atoms with Crippen molar-refractivity contribution < 1.29 is 13.2 Å². The fourth-order valence-electron chi connectivity index (χ4n) is 1.92. The van der Waals surface area contributed by atoms with Crippen molar-refractivity contribution in [2.24, 2.45) is 5.14 Å². The first-order valence-electron chi connectivity index (χ1n) is 6.78. The molecule has 112 valence electrons. The number of hydrogen-bond acceptors (Lipinski definition) is 3. The highest BCUT2D eigenvalue weighted by molar-refractivity contribution is 7.89. The normalized spacial score (nSPS) is 11.3. The van der Waals surface area contributed by atoms with Gasteiger partial charge >= 0.3 is 0 Å². The Morgan fingerprint density at radius 1 is 1.25 bits per heavy atom. The molecule has 3 N–H and O–H groups in total. The van der Waals surface area contributed by atoms with Crippen molar-refractivity contribution in [1.82, 2.24) is 5.32 Å². The van der Waals surface area contributed by atoms with Gasteiger partial charge in [-0.15, -0.1) is 0 Å². The summed E-state index contributed by atoms with van der Waals surface area (Å²) >= 11 is 0. The maximum absolute atomic E-state index is 12.0. The third kappa shape index (κ3) is 4.94. The topological polar surface area (TPSA) is 89.3 Å². The molecule has 1 amide bonds. The van der Waals surface area contributed by atoms with E-state index in [1.54, 1.807) is 6.92 Å². The number of amides is 1. The summed E-state index contributed by atoms with van der Waals surface area (Å²) in [6, 6.07) is 4.27. The second-order valence-corrected chi connectivity index (χ2v) is 6.40. The standard InChI is InChI=1S/C14H22N2O3S/c1-3-4-5-6-9-16-14(17)13-8-7-12(10-11(13)2)20(15,18)19/h7-8,10H,3-6,9H2,1-2H3,(H,16,17)(H2,15,18,19). The molecule has 0 unspecified atom stereocenters. The summed E-state index contributed by atoms with van der Waals surface area (Å²) in [6.07, 6.45) is 4.37. The lowest BCUT2D eigenvalue weighted by molar-refractivity contribution is 0.0952. The van der Waals surface area contributed by atoms with Crippen LogP contribution < -0.4 is 10.5 Å². The molecule has 6 heteroatoms. The third-order valence-electron chi connectivity index (χ3n) is 3.09. The molecule has 1 aromatic rings. The molecule has 0 aromatic heterocycles. The first-order valence-corrected chi connectivity index (χ1v) is 8.32. The number of aryl methyl sites for hydroxylation is 1. The lowest BCUT2D eigenvalue weighted by Gasteiger charge is -2.08. The average Bonchev–Trinajstić information content (AvgIpc) is 2.37. The molecular formula is C14H22N2O3S. The predicted molar refractivity (Wildman–Crippen MR) is 79.0 cm³/mol. The van der Waals surface area contributed by atoms with E-state index >= 15 is 0 Å². The van der Waals surface area contributed by atoms with Gasteiger partial charge in [0.05, 0.1) is 4.90 Å². The van der Waals surface area contributed by atoms with E-state index in [9.17, 15) is 13.2 Å². The molecule has 0 bridgehead atoms. The predicted octanol–water partition coefficient (Wildman–Crippen LogP) is 1.95. The minimum Gasteiger partial charge on any atom is -0.352 e. The van der Waals surface area contributed by atoms with Crippen molar-refractivity contribution in [3.05, 3.63) is 29.3 Å². The van der Waals surface area contributed by atoms with Gasteiger partial charge in [0.2, 0.25) is 10.0 Å². The highest BCUT2D eigenvalue weighted by Crippen LogP contribution is 2.14. The van der Waals surface area contributed by atoms with Gasteiger partial charge in [-0.05, 0) is 37.1 Å². The van der Waals surface area contributed by atoms with E-state index in [2.05, 4.69) is 12.2 Å². The zero-order chi connectivity index (χ0) is 15.2. The second kappa shape index (κ2) is 7.40. The number of carbonyl (C=O) groups is 1. The number of rotatable bonds is 7. The van der Waals surface area contributed by atoms with Gasteiger partial charge in [0.25, 0.3) is 5.91 Å². The number of carbonyl (C=O) groups excluding carboxylic acids is 1. The molecule has 0 saturated heterocycles. The summed E-state index contributed by atoms with van der Waals surface area (Å²) in [6.45, 7) is 4.46. The van der Waals surface area contributed by atoms with Crippen molar-refractivity contribution in [1.29, 1.82) is 0 Å². The maximum atomic E-state index is 12.0. The van der Waals surface area contributed by atoms with Crippen LogP contribution in [-0.2, 0) is 10.0 Å². The molecule has 0 aliphatic carbocycles. The minimum atomic E-state index is -3.73. The van der Waals surface area contributed by atoms with Crippen molar-refractivity contribution in [2.45, 2.75) is 44.4 Å². The first kappa shape index (κ1) is 16.7. The van der Waals surface area contributed by atoms with E-state index in [1.165, 1.54) is 18.2 Å². The summed E-state index contributed by atoms with van der Waals surface area (Å²) in [5, 5.41) is 7.89. The second-order valence-electron chi connectivity index (χ2n) is 4.84. The maximum Gasteiger partial charge on any atom is 0.251 e. The van der Waals surface area contributed by atoms with Gasteiger partial charge in [0, 0.05) is 12.1 Å². The minimum absolute atomic E-state index is 0.0227. The Bertz CT molecular complexity index is 568. The van der Waals surface area contributed by atoms with Crippen molar-refractivity contribution in [2.75, 3.05) is 6.54 Å². The Labute approximate surface area is 120 Å². The molecule has 20 heavy (non-hydrogen) atoms. The van der Waals surface area contributed by atoms with E-state index in [-0.39, 0.29) is 10.8 Å². The molecule has 0 heterocycles. The zero-order valence-electron chi connectivity index (χ0n) is 12.0. The molecule has 0 spiro atoms. The van der Waals surface area contributed by atoms with Crippen LogP contribution in [-0.4, -0.2) is 20.9 Å². The van der Waals surface area contributed by atoms with Crippen molar-refractivity contribution in [3.63, 3.8) is 0 Å². The Hall–Kier alpha value is -1.40. The molecular weight excluding hydrogens is 276 g/mol. The summed E-state index contributed by atoms with van der Waals surface area (Å²) in [5.74, 6) is -0.181. The average molecular weight is 298 g/mol. The summed E-state index contributed by atoms with van der Waals surface area (Å²) in [7, 11) is -3.73. The van der Waals surface area contributed by atoms with Gasteiger partial charge in [-0.3, -0.25) is 4.79 Å². The smallest absolute Gasteiger partial charge is 0.251 e. The number of sulfonamides is 1. The number of unbranched alkanes of at least 4 members (excludes halogenated alkanes) is 3.